The molecule has 0 radical (unpaired) electrons. The van der Waals surface area contributed by atoms with Crippen LogP contribution in [0.3, 0.4) is 0 Å². The molecule has 0 amide bonds. The lowest BCUT2D eigenvalue weighted by atomic mass is 9.69. The topological polar surface area (TPSA) is 38.8 Å². The molecule has 2 aromatic carbocycles. The molecule has 0 heterocycles. The van der Waals surface area contributed by atoms with E-state index >= 15 is 0 Å². The molecular weight excluding hydrogens is 433 g/mol. The Morgan fingerprint density at radius 1 is 1.00 bits per heavy atom. The number of rotatable bonds is 11. The van der Waals surface area contributed by atoms with Crippen molar-refractivity contribution in [2.45, 2.75) is 45.1 Å². The summed E-state index contributed by atoms with van der Waals surface area (Å²) in [5, 5.41) is 1.12. The van der Waals surface area contributed by atoms with E-state index < -0.39 is 5.41 Å². The molecule has 0 bridgehead atoms. The van der Waals surface area contributed by atoms with Crippen LogP contribution >= 0.6 is 23.2 Å². The van der Waals surface area contributed by atoms with E-state index in [2.05, 4.69) is 32.7 Å². The normalized spacial score (nSPS) is 14.4. The van der Waals surface area contributed by atoms with Crippen LogP contribution in [0.25, 0.3) is 0 Å². The van der Waals surface area contributed by atoms with Gasteiger partial charge in [0.15, 0.2) is 0 Å². The molecule has 2 aromatic rings. The molecule has 170 valence electrons. The molecule has 0 N–H and O–H groups in total. The maximum atomic E-state index is 12.4. The molecule has 2 unspecified atom stereocenters. The number of aldehydes is 1. The maximum Gasteiger partial charge on any atom is 0.130 e. The zero-order valence-electron chi connectivity index (χ0n) is 19.2. The Morgan fingerprint density at radius 3 is 2.10 bits per heavy atom. The average molecular weight is 466 g/mol. The molecule has 0 saturated heterocycles. The van der Waals surface area contributed by atoms with Crippen LogP contribution in [-0.2, 0) is 10.2 Å². The van der Waals surface area contributed by atoms with Gasteiger partial charge in [-0.2, -0.15) is 0 Å². The van der Waals surface area contributed by atoms with Crippen molar-refractivity contribution < 1.29 is 14.3 Å². The van der Waals surface area contributed by atoms with E-state index in [0.29, 0.717) is 21.5 Å². The highest BCUT2D eigenvalue weighted by Crippen LogP contribution is 2.39. The highest BCUT2D eigenvalue weighted by molar-refractivity contribution is 6.42. The maximum absolute atomic E-state index is 12.4. The van der Waals surface area contributed by atoms with Gasteiger partial charge in [0.1, 0.15) is 17.8 Å². The molecular formula is C25H33Cl2NO3. The summed E-state index contributed by atoms with van der Waals surface area (Å²) in [4.78, 5) is 14.7. The van der Waals surface area contributed by atoms with E-state index in [1.165, 1.54) is 0 Å². The van der Waals surface area contributed by atoms with Crippen molar-refractivity contribution >= 4 is 29.5 Å². The van der Waals surface area contributed by atoms with Crippen molar-refractivity contribution in [1.29, 1.82) is 0 Å². The molecule has 0 fully saturated rings. The molecule has 0 aromatic heterocycles. The van der Waals surface area contributed by atoms with Gasteiger partial charge in [0, 0.05) is 12.1 Å². The Morgan fingerprint density at radius 2 is 1.61 bits per heavy atom. The van der Waals surface area contributed by atoms with E-state index in [9.17, 15) is 4.79 Å². The fraction of sp³-hybridized carbons (Fsp3) is 0.480. The van der Waals surface area contributed by atoms with Gasteiger partial charge in [0.05, 0.1) is 29.7 Å². The molecule has 31 heavy (non-hydrogen) atoms. The monoisotopic (exact) mass is 465 g/mol. The first-order valence-corrected chi connectivity index (χ1v) is 11.3. The molecule has 4 nitrogen and oxygen atoms in total. The fourth-order valence-electron chi connectivity index (χ4n) is 3.95. The zero-order chi connectivity index (χ0) is 23.2. The number of benzene rings is 2. The smallest absolute Gasteiger partial charge is 0.130 e. The largest absolute Gasteiger partial charge is 0.497 e. The number of hydrogen-bond acceptors (Lipinski definition) is 4. The Balaban J connectivity index is 2.18. The van der Waals surface area contributed by atoms with Crippen LogP contribution in [0.2, 0.25) is 10.0 Å². The van der Waals surface area contributed by atoms with Gasteiger partial charge >= 0.3 is 0 Å². The van der Waals surface area contributed by atoms with Crippen molar-refractivity contribution in [3.8, 4) is 11.5 Å². The van der Waals surface area contributed by atoms with Crippen LogP contribution in [0, 0.1) is 5.92 Å². The standard InChI is InChI=1S/C25H33Cl2NO3/c1-17(2)25(16-29,20-13-21(30-5)15-22(14-20)31-6)10-7-11-28(4)18(3)19-8-9-23(26)24(27)12-19/h8-9,12-18H,7,10-11H2,1-6H3. The molecule has 2 rings (SSSR count). The van der Waals surface area contributed by atoms with Gasteiger partial charge in [0.2, 0.25) is 0 Å². The second-order valence-corrected chi connectivity index (χ2v) is 9.16. The number of methoxy groups -OCH3 is 2. The Labute approximate surface area is 196 Å². The highest BCUT2D eigenvalue weighted by atomic mass is 35.5. The van der Waals surface area contributed by atoms with E-state index in [4.69, 9.17) is 32.7 Å². The first-order valence-electron chi connectivity index (χ1n) is 10.5. The Bertz CT molecular complexity index is 865. The van der Waals surface area contributed by atoms with Crippen molar-refractivity contribution in [2.24, 2.45) is 5.92 Å². The third-order valence-electron chi connectivity index (χ3n) is 6.32. The fourth-order valence-corrected chi connectivity index (χ4v) is 4.25. The van der Waals surface area contributed by atoms with Crippen molar-refractivity contribution in [3.05, 3.63) is 57.6 Å². The quantitative estimate of drug-likeness (QED) is 0.351. The number of carbonyl (C=O) groups excluding carboxylic acids is 1. The van der Waals surface area contributed by atoms with Gasteiger partial charge in [-0.3, -0.25) is 4.90 Å². The highest BCUT2D eigenvalue weighted by Gasteiger charge is 2.36. The van der Waals surface area contributed by atoms with E-state index in [1.54, 1.807) is 14.2 Å². The molecule has 6 heteroatoms. The van der Waals surface area contributed by atoms with Gasteiger partial charge in [-0.25, -0.2) is 0 Å². The van der Waals surface area contributed by atoms with Crippen LogP contribution in [0.4, 0.5) is 0 Å². The van der Waals surface area contributed by atoms with Crippen molar-refractivity contribution in [2.75, 3.05) is 27.8 Å². The number of nitrogens with zero attached hydrogens (tertiary/aromatic N) is 1. The molecule has 0 saturated carbocycles. The molecule has 0 aliphatic rings. The number of hydrogen-bond donors (Lipinski definition) is 0. The Hall–Kier alpha value is -1.75. The zero-order valence-corrected chi connectivity index (χ0v) is 20.8. The van der Waals surface area contributed by atoms with Gasteiger partial charge in [-0.1, -0.05) is 43.1 Å². The average Bonchev–Trinajstić information content (AvgIpc) is 2.77. The SMILES string of the molecule is COc1cc(OC)cc(C(C=O)(CCCN(C)C(C)c2ccc(Cl)c(Cl)c2)C(C)C)c1. The van der Waals surface area contributed by atoms with Crippen LogP contribution < -0.4 is 9.47 Å². The van der Waals surface area contributed by atoms with E-state index in [1.807, 2.05) is 36.4 Å². The second kappa shape index (κ2) is 11.2. The summed E-state index contributed by atoms with van der Waals surface area (Å²) in [5.74, 6) is 1.50. The minimum absolute atomic E-state index is 0.125. The van der Waals surface area contributed by atoms with Gasteiger partial charge in [0.25, 0.3) is 0 Å². The first kappa shape index (κ1) is 25.5. The van der Waals surface area contributed by atoms with Crippen LogP contribution in [0.1, 0.15) is 50.8 Å². The third-order valence-corrected chi connectivity index (χ3v) is 7.06. The van der Waals surface area contributed by atoms with E-state index in [0.717, 1.165) is 36.8 Å². The van der Waals surface area contributed by atoms with Crippen LogP contribution in [-0.4, -0.2) is 39.0 Å². The van der Waals surface area contributed by atoms with Gasteiger partial charge < -0.3 is 14.3 Å². The lowest BCUT2D eigenvalue weighted by Crippen LogP contribution is -2.35. The number of halogens is 2. The van der Waals surface area contributed by atoms with E-state index in [-0.39, 0.29) is 12.0 Å². The van der Waals surface area contributed by atoms with Gasteiger partial charge in [-0.05, 0) is 74.7 Å². The molecule has 0 spiro atoms. The summed E-state index contributed by atoms with van der Waals surface area (Å²) >= 11 is 12.2. The summed E-state index contributed by atoms with van der Waals surface area (Å²) in [6, 6.07) is 11.6. The van der Waals surface area contributed by atoms with Crippen LogP contribution in [0.5, 0.6) is 11.5 Å². The lowest BCUT2D eigenvalue weighted by Gasteiger charge is -2.34. The van der Waals surface area contributed by atoms with Crippen molar-refractivity contribution in [3.63, 3.8) is 0 Å². The third kappa shape index (κ3) is 5.94. The molecule has 0 aliphatic heterocycles. The predicted octanol–water partition coefficient (Wildman–Crippen LogP) is 6.58. The van der Waals surface area contributed by atoms with Crippen molar-refractivity contribution in [1.82, 2.24) is 4.90 Å². The summed E-state index contributed by atoms with van der Waals surface area (Å²) in [5.41, 5.74) is 1.42. The predicted molar refractivity (Wildman–Crippen MR) is 129 cm³/mol. The summed E-state index contributed by atoms with van der Waals surface area (Å²) in [6.07, 6.45) is 2.68. The summed E-state index contributed by atoms with van der Waals surface area (Å²) in [7, 11) is 5.32. The molecule has 0 aliphatic carbocycles. The first-order chi connectivity index (χ1) is 14.7. The van der Waals surface area contributed by atoms with Crippen LogP contribution in [0.15, 0.2) is 36.4 Å². The number of carbonyl (C=O) groups is 1. The molecule has 2 atom stereocenters. The second-order valence-electron chi connectivity index (χ2n) is 8.35. The minimum atomic E-state index is -0.616. The van der Waals surface area contributed by atoms with Gasteiger partial charge in [-0.15, -0.1) is 0 Å². The summed E-state index contributed by atoms with van der Waals surface area (Å²) < 4.78 is 10.9. The summed E-state index contributed by atoms with van der Waals surface area (Å²) in [6.45, 7) is 7.15. The lowest BCUT2D eigenvalue weighted by molar-refractivity contribution is -0.114. The Kier molecular flexibility index (Phi) is 9.23. The minimum Gasteiger partial charge on any atom is -0.497 e. The number of ether oxygens (including phenoxy) is 2.